The minimum absolute atomic E-state index is 0.0860. The summed E-state index contributed by atoms with van der Waals surface area (Å²) in [5.41, 5.74) is 0.516. The minimum atomic E-state index is -0.998. The first-order valence-electron chi connectivity index (χ1n) is 4.63. The fraction of sp³-hybridized carbons (Fsp3) is 0.500. The van der Waals surface area contributed by atoms with E-state index in [1.54, 1.807) is 11.4 Å². The van der Waals surface area contributed by atoms with Crippen molar-refractivity contribution in [1.82, 2.24) is 0 Å². The van der Waals surface area contributed by atoms with Gasteiger partial charge in [-0.1, -0.05) is 0 Å². The van der Waals surface area contributed by atoms with Gasteiger partial charge in [-0.3, -0.25) is 4.79 Å². The van der Waals surface area contributed by atoms with Gasteiger partial charge in [0, 0.05) is 5.56 Å². The molecule has 5 heteroatoms. The molecule has 0 amide bonds. The number of carbonyl (C=O) groups is 1. The van der Waals surface area contributed by atoms with E-state index in [1.165, 1.54) is 18.3 Å². The number of aliphatic hydroxyl groups excluding tert-OH is 2. The second kappa shape index (κ2) is 5.65. The van der Waals surface area contributed by atoms with Crippen LogP contribution in [0.25, 0.3) is 0 Å². The average molecular weight is 246 g/mol. The first-order chi connectivity index (χ1) is 7.07. The van der Waals surface area contributed by atoms with Crippen molar-refractivity contribution in [3.63, 3.8) is 0 Å². The smallest absolute Gasteiger partial charge is 0.170 e. The summed E-state index contributed by atoms with van der Waals surface area (Å²) in [5.74, 6) is 0.412. The average Bonchev–Trinajstić information content (AvgIpc) is 2.65. The lowest BCUT2D eigenvalue weighted by Gasteiger charge is -2.16. The van der Waals surface area contributed by atoms with Crippen molar-refractivity contribution < 1.29 is 15.0 Å². The molecule has 1 aromatic rings. The topological polar surface area (TPSA) is 57.5 Å². The van der Waals surface area contributed by atoms with Crippen LogP contribution in [0.3, 0.4) is 0 Å². The zero-order valence-corrected chi connectivity index (χ0v) is 10.1. The van der Waals surface area contributed by atoms with Crippen LogP contribution in [0.5, 0.6) is 0 Å². The van der Waals surface area contributed by atoms with Gasteiger partial charge in [0.15, 0.2) is 5.78 Å². The molecule has 15 heavy (non-hydrogen) atoms. The quantitative estimate of drug-likeness (QED) is 0.547. The van der Waals surface area contributed by atoms with E-state index in [1.807, 2.05) is 0 Å². The number of carbonyl (C=O) groups excluding carboxylic acids is 1. The molecule has 0 radical (unpaired) electrons. The number of ketones is 1. The van der Waals surface area contributed by atoms with Crippen LogP contribution >= 0.6 is 24.0 Å². The Labute approximate surface area is 98.2 Å². The maximum Gasteiger partial charge on any atom is 0.170 e. The van der Waals surface area contributed by atoms with Gasteiger partial charge >= 0.3 is 0 Å². The number of rotatable bonds is 5. The van der Waals surface area contributed by atoms with E-state index in [0.29, 0.717) is 22.6 Å². The van der Waals surface area contributed by atoms with E-state index in [0.717, 1.165) is 0 Å². The molecular weight excluding hydrogens is 232 g/mol. The summed E-state index contributed by atoms with van der Waals surface area (Å²) in [4.78, 5) is 11.7. The summed E-state index contributed by atoms with van der Waals surface area (Å²) in [5, 5.41) is 21.1. The summed E-state index contributed by atoms with van der Waals surface area (Å²) in [6.07, 6.45) is -1.46. The van der Waals surface area contributed by atoms with Crippen LogP contribution in [0.2, 0.25) is 0 Å². The lowest BCUT2D eigenvalue weighted by atomic mass is 10.0. The van der Waals surface area contributed by atoms with E-state index in [9.17, 15) is 15.0 Å². The second-order valence-electron chi connectivity index (χ2n) is 3.29. The molecule has 84 valence electrons. The summed E-state index contributed by atoms with van der Waals surface area (Å²) in [6.45, 7) is 1.45. The lowest BCUT2D eigenvalue weighted by Crippen LogP contribution is -2.19. The van der Waals surface area contributed by atoms with E-state index in [4.69, 9.17) is 0 Å². The molecule has 2 N–H and O–H groups in total. The maximum absolute atomic E-state index is 11.2. The fourth-order valence-corrected chi connectivity index (χ4v) is 2.44. The number of hydrogen-bond donors (Lipinski definition) is 3. The molecule has 1 rings (SSSR count). The number of thiophene rings is 1. The zero-order chi connectivity index (χ0) is 11.4. The summed E-state index contributed by atoms with van der Waals surface area (Å²) < 4.78 is 0. The van der Waals surface area contributed by atoms with E-state index in [2.05, 4.69) is 12.6 Å². The Bertz CT molecular complexity index is 335. The van der Waals surface area contributed by atoms with Crippen molar-refractivity contribution in [2.24, 2.45) is 0 Å². The molecular formula is C10H14O3S2. The largest absolute Gasteiger partial charge is 0.390 e. The third kappa shape index (κ3) is 3.04. The van der Waals surface area contributed by atoms with Gasteiger partial charge in [-0.25, -0.2) is 0 Å². The highest BCUT2D eigenvalue weighted by Gasteiger charge is 2.22. The number of Topliss-reactive ketones (excluding diaryl/α,β-unsaturated/α-hetero) is 1. The molecule has 3 nitrogen and oxygen atoms in total. The van der Waals surface area contributed by atoms with Crippen molar-refractivity contribution in [2.75, 3.05) is 5.75 Å². The minimum Gasteiger partial charge on any atom is -0.390 e. The summed E-state index contributed by atoms with van der Waals surface area (Å²) in [6, 6.07) is 1.67. The van der Waals surface area contributed by atoms with Crippen LogP contribution in [0.1, 0.15) is 34.7 Å². The standard InChI is InChI=1S/C10H14O3S2/c1-6(11)10-7(3-5-15-10)9(13)8(12)2-4-14/h3,5,8-9,12-14H,2,4H2,1H3. The number of hydrogen-bond acceptors (Lipinski definition) is 5. The molecule has 2 unspecified atom stereocenters. The van der Waals surface area contributed by atoms with Crippen molar-refractivity contribution >= 4 is 29.7 Å². The Hall–Kier alpha value is -0.360. The van der Waals surface area contributed by atoms with Crippen LogP contribution < -0.4 is 0 Å². The van der Waals surface area contributed by atoms with Crippen molar-refractivity contribution in [3.8, 4) is 0 Å². The fourth-order valence-electron chi connectivity index (χ4n) is 1.34. The molecule has 0 saturated heterocycles. The molecule has 1 heterocycles. The van der Waals surface area contributed by atoms with Crippen molar-refractivity contribution in [2.45, 2.75) is 25.6 Å². The first-order valence-corrected chi connectivity index (χ1v) is 6.14. The zero-order valence-electron chi connectivity index (χ0n) is 8.38. The molecule has 0 aliphatic heterocycles. The molecule has 0 aliphatic rings. The summed E-state index contributed by atoms with van der Waals surface area (Å²) >= 11 is 5.26. The van der Waals surface area contributed by atoms with E-state index in [-0.39, 0.29) is 5.78 Å². The normalized spacial score (nSPS) is 14.9. The van der Waals surface area contributed by atoms with Gasteiger partial charge in [-0.2, -0.15) is 12.6 Å². The highest BCUT2D eigenvalue weighted by molar-refractivity contribution is 7.80. The number of thiol groups is 1. The van der Waals surface area contributed by atoms with Crippen LogP contribution in [0.4, 0.5) is 0 Å². The first kappa shape index (κ1) is 12.7. The summed E-state index contributed by atoms with van der Waals surface area (Å²) in [7, 11) is 0. The third-order valence-corrected chi connectivity index (χ3v) is 3.41. The molecule has 0 aromatic carbocycles. The van der Waals surface area contributed by atoms with E-state index < -0.39 is 12.2 Å². The van der Waals surface area contributed by atoms with Gasteiger partial charge in [0.2, 0.25) is 0 Å². The molecule has 0 aliphatic carbocycles. The van der Waals surface area contributed by atoms with Crippen LogP contribution in [-0.2, 0) is 0 Å². The second-order valence-corrected chi connectivity index (χ2v) is 4.65. The Kier molecular flexibility index (Phi) is 4.79. The Balaban J connectivity index is 2.85. The van der Waals surface area contributed by atoms with E-state index >= 15 is 0 Å². The molecule has 0 saturated carbocycles. The Morgan fingerprint density at radius 3 is 2.80 bits per heavy atom. The predicted molar refractivity (Wildman–Crippen MR) is 63.8 cm³/mol. The van der Waals surface area contributed by atoms with Crippen LogP contribution in [-0.4, -0.2) is 27.9 Å². The SMILES string of the molecule is CC(=O)c1sccc1C(O)C(O)CCS. The van der Waals surface area contributed by atoms with Gasteiger partial charge in [-0.15, -0.1) is 11.3 Å². The van der Waals surface area contributed by atoms with Crippen LogP contribution in [0.15, 0.2) is 11.4 Å². The van der Waals surface area contributed by atoms with Gasteiger partial charge < -0.3 is 10.2 Å². The maximum atomic E-state index is 11.2. The predicted octanol–water partition coefficient (Wildman–Crippen LogP) is 1.66. The van der Waals surface area contributed by atoms with Crippen LogP contribution in [0, 0.1) is 0 Å². The van der Waals surface area contributed by atoms with Gasteiger partial charge in [0.25, 0.3) is 0 Å². The van der Waals surface area contributed by atoms with Gasteiger partial charge in [0.05, 0.1) is 11.0 Å². The van der Waals surface area contributed by atoms with Crippen molar-refractivity contribution in [1.29, 1.82) is 0 Å². The van der Waals surface area contributed by atoms with Gasteiger partial charge in [-0.05, 0) is 30.5 Å². The highest BCUT2D eigenvalue weighted by atomic mass is 32.1. The Morgan fingerprint density at radius 1 is 1.60 bits per heavy atom. The third-order valence-electron chi connectivity index (χ3n) is 2.12. The number of aliphatic hydroxyl groups is 2. The van der Waals surface area contributed by atoms with Gasteiger partial charge in [0.1, 0.15) is 6.10 Å². The molecule has 0 bridgehead atoms. The highest BCUT2D eigenvalue weighted by Crippen LogP contribution is 2.27. The molecule has 0 spiro atoms. The monoisotopic (exact) mass is 246 g/mol. The van der Waals surface area contributed by atoms with Crippen molar-refractivity contribution in [3.05, 3.63) is 21.9 Å². The lowest BCUT2D eigenvalue weighted by molar-refractivity contribution is 0.0171. The molecule has 2 atom stereocenters. The Morgan fingerprint density at radius 2 is 2.27 bits per heavy atom. The molecule has 1 aromatic heterocycles. The molecule has 0 fully saturated rings.